The van der Waals surface area contributed by atoms with Crippen molar-refractivity contribution in [2.45, 2.75) is 45.8 Å². The number of aromatic nitrogens is 1. The van der Waals surface area contributed by atoms with Gasteiger partial charge in [0, 0.05) is 18.2 Å². The fraction of sp³-hybridized carbons (Fsp3) is 0.381. The van der Waals surface area contributed by atoms with Gasteiger partial charge in [-0.25, -0.2) is 14.2 Å². The summed E-state index contributed by atoms with van der Waals surface area (Å²) in [4.78, 5) is 28.6. The monoisotopic (exact) mass is 404 g/mol. The van der Waals surface area contributed by atoms with E-state index in [1.807, 2.05) is 6.92 Å². The van der Waals surface area contributed by atoms with Gasteiger partial charge in [-0.3, -0.25) is 4.79 Å². The third-order valence-corrected chi connectivity index (χ3v) is 4.75. The second-order valence-electron chi connectivity index (χ2n) is 6.84. The number of carbonyl (C=O) groups excluding carboxylic acids is 2. The molecule has 0 aliphatic heterocycles. The van der Waals surface area contributed by atoms with E-state index in [0.29, 0.717) is 0 Å². The van der Waals surface area contributed by atoms with Crippen molar-refractivity contribution >= 4 is 11.9 Å². The fourth-order valence-corrected chi connectivity index (χ4v) is 2.88. The molecule has 2 rings (SSSR count). The molecule has 8 heteroatoms. The Kier molecular flexibility index (Phi) is 7.14. The Labute approximate surface area is 168 Å². The summed E-state index contributed by atoms with van der Waals surface area (Å²) in [5.41, 5.74) is 1.38. The van der Waals surface area contributed by atoms with Crippen LogP contribution in [-0.4, -0.2) is 41.2 Å². The summed E-state index contributed by atoms with van der Waals surface area (Å²) in [7, 11) is 1.35. The first kappa shape index (κ1) is 22.1. The van der Waals surface area contributed by atoms with Crippen molar-refractivity contribution in [2.75, 3.05) is 7.11 Å². The van der Waals surface area contributed by atoms with Gasteiger partial charge in [0.05, 0.1) is 7.11 Å². The van der Waals surface area contributed by atoms with E-state index in [1.165, 1.54) is 38.4 Å². The van der Waals surface area contributed by atoms with Gasteiger partial charge in [0.1, 0.15) is 18.0 Å². The number of hydrogen-bond donors (Lipinski definition) is 2. The van der Waals surface area contributed by atoms with Crippen LogP contribution in [0.2, 0.25) is 0 Å². The first-order valence-corrected chi connectivity index (χ1v) is 9.15. The molecule has 0 radical (unpaired) electrons. The lowest BCUT2D eigenvalue weighted by atomic mass is 9.92. The fourth-order valence-electron chi connectivity index (χ4n) is 2.88. The number of nitrogens with zero attached hydrogens (tertiary/aromatic N) is 1. The second-order valence-corrected chi connectivity index (χ2v) is 6.84. The molecule has 29 heavy (non-hydrogen) atoms. The van der Waals surface area contributed by atoms with Crippen molar-refractivity contribution in [3.05, 3.63) is 53.1 Å². The molecule has 1 amide bonds. The van der Waals surface area contributed by atoms with Gasteiger partial charge < -0.3 is 19.9 Å². The minimum atomic E-state index is -0.973. The maximum absolute atomic E-state index is 13.3. The zero-order valence-corrected chi connectivity index (χ0v) is 17.0. The van der Waals surface area contributed by atoms with E-state index >= 15 is 0 Å². The molecule has 1 aromatic carbocycles. The summed E-state index contributed by atoms with van der Waals surface area (Å²) in [6.07, 6.45) is 0.806. The number of halogens is 1. The first-order valence-electron chi connectivity index (χ1n) is 9.15. The van der Waals surface area contributed by atoms with E-state index in [0.717, 1.165) is 11.1 Å². The van der Waals surface area contributed by atoms with Crippen LogP contribution in [0.1, 0.15) is 48.3 Å². The SMILES string of the molecule is COc1ccnc(C(=O)N[C@@H](C)C(=O)O[C@H](C)[C@H](C)c2ccc(F)cc2C)c1O. The van der Waals surface area contributed by atoms with Gasteiger partial charge >= 0.3 is 5.97 Å². The summed E-state index contributed by atoms with van der Waals surface area (Å²) in [5.74, 6) is -2.19. The highest BCUT2D eigenvalue weighted by Gasteiger charge is 2.26. The molecular formula is C21H25FN2O5. The van der Waals surface area contributed by atoms with E-state index in [1.54, 1.807) is 19.9 Å². The number of hydrogen-bond acceptors (Lipinski definition) is 6. The van der Waals surface area contributed by atoms with Crippen LogP contribution in [0.4, 0.5) is 4.39 Å². The standard InChI is InChI=1S/C21H25FN2O5/c1-11-10-15(22)6-7-16(11)12(2)14(4)29-21(27)13(3)24-20(26)18-19(25)17(28-5)8-9-23-18/h6-10,12-14,25H,1-5H3,(H,24,26)/t12-,13-,14+/m0/s1. The minimum absolute atomic E-state index is 0.0949. The Morgan fingerprint density at radius 1 is 1.21 bits per heavy atom. The summed E-state index contributed by atoms with van der Waals surface area (Å²) in [5, 5.41) is 12.5. The highest BCUT2D eigenvalue weighted by Crippen LogP contribution is 2.28. The number of rotatable bonds is 7. The number of methoxy groups -OCH3 is 1. The lowest BCUT2D eigenvalue weighted by Crippen LogP contribution is -2.41. The van der Waals surface area contributed by atoms with Crippen molar-refractivity contribution in [3.63, 3.8) is 0 Å². The van der Waals surface area contributed by atoms with Crippen molar-refractivity contribution in [1.29, 1.82) is 0 Å². The highest BCUT2D eigenvalue weighted by atomic mass is 19.1. The third kappa shape index (κ3) is 5.22. The van der Waals surface area contributed by atoms with E-state index in [9.17, 15) is 19.1 Å². The molecule has 7 nitrogen and oxygen atoms in total. The lowest BCUT2D eigenvalue weighted by Gasteiger charge is -2.24. The molecule has 2 N–H and O–H groups in total. The average molecular weight is 404 g/mol. The Balaban J connectivity index is 2.02. The van der Waals surface area contributed by atoms with Crippen LogP contribution >= 0.6 is 0 Å². The zero-order chi connectivity index (χ0) is 21.7. The number of amides is 1. The molecule has 156 valence electrons. The summed E-state index contributed by atoms with van der Waals surface area (Å²) in [6.45, 7) is 6.87. The maximum atomic E-state index is 13.3. The van der Waals surface area contributed by atoms with Crippen LogP contribution in [-0.2, 0) is 9.53 Å². The van der Waals surface area contributed by atoms with Crippen LogP contribution in [0.25, 0.3) is 0 Å². The molecule has 0 unspecified atom stereocenters. The summed E-state index contributed by atoms with van der Waals surface area (Å²) in [6, 6.07) is 4.89. The predicted octanol–water partition coefficient (Wildman–Crippen LogP) is 3.10. The van der Waals surface area contributed by atoms with Gasteiger partial charge in [0.2, 0.25) is 0 Å². The van der Waals surface area contributed by atoms with Crippen LogP contribution in [0.3, 0.4) is 0 Å². The number of ether oxygens (including phenoxy) is 2. The van der Waals surface area contributed by atoms with Crippen LogP contribution in [0.5, 0.6) is 11.5 Å². The van der Waals surface area contributed by atoms with Gasteiger partial charge in [-0.2, -0.15) is 0 Å². The second kappa shape index (κ2) is 9.36. The van der Waals surface area contributed by atoms with Gasteiger partial charge in [0.15, 0.2) is 17.2 Å². The highest BCUT2D eigenvalue weighted by molar-refractivity contribution is 5.97. The topological polar surface area (TPSA) is 97.8 Å². The summed E-state index contributed by atoms with van der Waals surface area (Å²) >= 11 is 0. The predicted molar refractivity (Wildman–Crippen MR) is 104 cm³/mol. The number of aromatic hydroxyl groups is 1. The number of carbonyl (C=O) groups is 2. The van der Waals surface area contributed by atoms with Crippen molar-refractivity contribution < 1.29 is 28.6 Å². The van der Waals surface area contributed by atoms with E-state index in [4.69, 9.17) is 9.47 Å². The average Bonchev–Trinajstić information content (AvgIpc) is 2.67. The first-order chi connectivity index (χ1) is 13.6. The van der Waals surface area contributed by atoms with Crippen LogP contribution in [0.15, 0.2) is 30.5 Å². The number of esters is 1. The van der Waals surface area contributed by atoms with Gasteiger partial charge in [-0.15, -0.1) is 0 Å². The Morgan fingerprint density at radius 3 is 2.52 bits per heavy atom. The molecule has 2 aromatic rings. The molecule has 3 atom stereocenters. The van der Waals surface area contributed by atoms with Gasteiger partial charge in [-0.05, 0) is 44.0 Å². The Bertz CT molecular complexity index is 903. The van der Waals surface area contributed by atoms with Gasteiger partial charge in [-0.1, -0.05) is 13.0 Å². The minimum Gasteiger partial charge on any atom is -0.503 e. The molecule has 0 aliphatic carbocycles. The van der Waals surface area contributed by atoms with Crippen LogP contribution < -0.4 is 10.1 Å². The molecule has 0 spiro atoms. The number of pyridine rings is 1. The van der Waals surface area contributed by atoms with E-state index in [2.05, 4.69) is 10.3 Å². The molecule has 1 heterocycles. The smallest absolute Gasteiger partial charge is 0.328 e. The van der Waals surface area contributed by atoms with E-state index in [-0.39, 0.29) is 23.2 Å². The number of benzene rings is 1. The summed E-state index contributed by atoms with van der Waals surface area (Å²) < 4.78 is 23.7. The molecular weight excluding hydrogens is 379 g/mol. The van der Waals surface area contributed by atoms with Crippen molar-refractivity contribution in [3.8, 4) is 11.5 Å². The zero-order valence-electron chi connectivity index (χ0n) is 17.0. The van der Waals surface area contributed by atoms with Crippen LogP contribution in [0, 0.1) is 12.7 Å². The Hall–Kier alpha value is -3.16. The van der Waals surface area contributed by atoms with E-state index < -0.39 is 29.8 Å². The molecule has 1 aromatic heterocycles. The lowest BCUT2D eigenvalue weighted by molar-refractivity contribution is -0.151. The molecule has 0 saturated carbocycles. The van der Waals surface area contributed by atoms with Crippen molar-refractivity contribution in [1.82, 2.24) is 10.3 Å². The largest absolute Gasteiger partial charge is 0.503 e. The van der Waals surface area contributed by atoms with Crippen molar-refractivity contribution in [2.24, 2.45) is 0 Å². The molecule has 0 aliphatic rings. The normalized spacial score (nSPS) is 13.9. The Morgan fingerprint density at radius 2 is 1.90 bits per heavy atom. The molecule has 0 fully saturated rings. The number of nitrogens with one attached hydrogen (secondary N) is 1. The molecule has 0 bridgehead atoms. The third-order valence-electron chi connectivity index (χ3n) is 4.75. The van der Waals surface area contributed by atoms with Gasteiger partial charge in [0.25, 0.3) is 5.91 Å². The number of aryl methyl sites for hydroxylation is 1. The molecule has 0 saturated heterocycles. The quantitative estimate of drug-likeness (QED) is 0.688. The maximum Gasteiger partial charge on any atom is 0.328 e.